The number of amides is 1. The molecule has 0 aliphatic carbocycles. The van der Waals surface area contributed by atoms with Crippen molar-refractivity contribution in [1.29, 1.82) is 0 Å². The highest BCUT2D eigenvalue weighted by Crippen LogP contribution is 2.31. The first kappa shape index (κ1) is 20.6. The third-order valence-electron chi connectivity index (χ3n) is 4.47. The number of nitrogens with zero attached hydrogens (tertiary/aromatic N) is 2. The van der Waals surface area contributed by atoms with E-state index in [-0.39, 0.29) is 5.91 Å². The number of amidine groups is 1. The Bertz CT molecular complexity index is 1180. The van der Waals surface area contributed by atoms with Gasteiger partial charge in [-0.05, 0) is 78.9 Å². The van der Waals surface area contributed by atoms with Gasteiger partial charge in [-0.25, -0.2) is 4.99 Å². The quantitative estimate of drug-likeness (QED) is 0.489. The molecule has 0 atom stereocenters. The minimum absolute atomic E-state index is 0.186. The molecule has 1 saturated heterocycles. The lowest BCUT2D eigenvalue weighted by molar-refractivity contribution is -0.115. The van der Waals surface area contributed by atoms with Gasteiger partial charge in [-0.1, -0.05) is 23.2 Å². The minimum atomic E-state index is -0.186. The Morgan fingerprint density at radius 3 is 2.57 bits per heavy atom. The number of aryl methyl sites for hydroxylation is 1. The van der Waals surface area contributed by atoms with Gasteiger partial charge in [0, 0.05) is 17.6 Å². The molecule has 3 aromatic rings. The SMILES string of the molecule is COc1ccc(-n2cc(/C=C3/SC(=Nc4ccc(Cl)c(Cl)c4)NC3=O)cc2C)cc1. The van der Waals surface area contributed by atoms with Crippen LogP contribution in [0.1, 0.15) is 11.3 Å². The molecule has 1 fully saturated rings. The maximum absolute atomic E-state index is 12.4. The molecule has 0 radical (unpaired) electrons. The highest BCUT2D eigenvalue weighted by atomic mass is 35.5. The van der Waals surface area contributed by atoms with Crippen molar-refractivity contribution < 1.29 is 9.53 Å². The number of benzene rings is 2. The monoisotopic (exact) mass is 457 g/mol. The second kappa shape index (κ2) is 8.60. The van der Waals surface area contributed by atoms with Gasteiger partial charge in [0.25, 0.3) is 5.91 Å². The summed E-state index contributed by atoms with van der Waals surface area (Å²) in [7, 11) is 1.64. The van der Waals surface area contributed by atoms with Crippen molar-refractivity contribution in [2.45, 2.75) is 6.92 Å². The van der Waals surface area contributed by atoms with Crippen molar-refractivity contribution in [3.05, 3.63) is 80.9 Å². The summed E-state index contributed by atoms with van der Waals surface area (Å²) >= 11 is 13.3. The third kappa shape index (κ3) is 4.41. The van der Waals surface area contributed by atoms with E-state index < -0.39 is 0 Å². The fourth-order valence-electron chi connectivity index (χ4n) is 3.00. The molecule has 0 unspecified atom stereocenters. The van der Waals surface area contributed by atoms with Gasteiger partial charge in [0.05, 0.1) is 27.7 Å². The molecule has 2 aromatic carbocycles. The van der Waals surface area contributed by atoms with E-state index in [1.54, 1.807) is 25.3 Å². The molecule has 1 aliphatic heterocycles. The average molecular weight is 458 g/mol. The lowest BCUT2D eigenvalue weighted by Gasteiger charge is -2.06. The van der Waals surface area contributed by atoms with E-state index in [1.807, 2.05) is 49.5 Å². The van der Waals surface area contributed by atoms with Crippen LogP contribution in [-0.2, 0) is 4.79 Å². The van der Waals surface area contributed by atoms with Crippen molar-refractivity contribution in [2.24, 2.45) is 4.99 Å². The maximum atomic E-state index is 12.4. The van der Waals surface area contributed by atoms with E-state index in [9.17, 15) is 4.79 Å². The summed E-state index contributed by atoms with van der Waals surface area (Å²) in [6, 6.07) is 14.9. The summed E-state index contributed by atoms with van der Waals surface area (Å²) in [5.41, 5.74) is 3.62. The molecule has 4 rings (SSSR count). The number of hydrogen-bond donors (Lipinski definition) is 1. The summed E-state index contributed by atoms with van der Waals surface area (Å²) in [5.74, 6) is 0.618. The van der Waals surface area contributed by atoms with Gasteiger partial charge in [0.15, 0.2) is 5.17 Å². The first-order chi connectivity index (χ1) is 14.4. The van der Waals surface area contributed by atoms with Crippen molar-refractivity contribution >= 4 is 57.8 Å². The lowest BCUT2D eigenvalue weighted by Crippen LogP contribution is -2.19. The number of aromatic nitrogens is 1. The van der Waals surface area contributed by atoms with E-state index in [2.05, 4.69) is 14.9 Å². The normalized spacial score (nSPS) is 16.3. The molecule has 0 bridgehead atoms. The van der Waals surface area contributed by atoms with Crippen LogP contribution in [0.25, 0.3) is 11.8 Å². The number of hydrogen-bond acceptors (Lipinski definition) is 4. The van der Waals surface area contributed by atoms with Crippen LogP contribution in [0.3, 0.4) is 0 Å². The Morgan fingerprint density at radius 2 is 1.87 bits per heavy atom. The molecule has 152 valence electrons. The van der Waals surface area contributed by atoms with Crippen LogP contribution in [0.5, 0.6) is 5.75 Å². The van der Waals surface area contributed by atoms with Crippen LogP contribution in [0.4, 0.5) is 5.69 Å². The van der Waals surface area contributed by atoms with E-state index >= 15 is 0 Å². The van der Waals surface area contributed by atoms with Gasteiger partial charge in [-0.15, -0.1) is 0 Å². The van der Waals surface area contributed by atoms with Crippen molar-refractivity contribution in [3.8, 4) is 11.4 Å². The second-order valence-electron chi connectivity index (χ2n) is 6.56. The average Bonchev–Trinajstić information content (AvgIpc) is 3.26. The van der Waals surface area contributed by atoms with E-state index in [1.165, 1.54) is 11.8 Å². The standard InChI is InChI=1S/C22H17Cl2N3O2S/c1-13-9-14(12-27(13)16-4-6-17(29-2)7-5-16)10-20-21(28)26-22(30-20)25-15-3-8-18(23)19(24)11-15/h3-12H,1-2H3,(H,25,26,28)/b20-10+. The molecule has 1 amide bonds. The van der Waals surface area contributed by atoms with Gasteiger partial charge >= 0.3 is 0 Å². The van der Waals surface area contributed by atoms with Gasteiger partial charge in [-0.2, -0.15) is 0 Å². The highest BCUT2D eigenvalue weighted by molar-refractivity contribution is 8.18. The predicted molar refractivity (Wildman–Crippen MR) is 124 cm³/mol. The number of ether oxygens (including phenoxy) is 1. The maximum Gasteiger partial charge on any atom is 0.264 e. The van der Waals surface area contributed by atoms with Crippen molar-refractivity contribution in [1.82, 2.24) is 9.88 Å². The second-order valence-corrected chi connectivity index (χ2v) is 8.41. The highest BCUT2D eigenvalue weighted by Gasteiger charge is 2.24. The molecule has 8 heteroatoms. The summed E-state index contributed by atoms with van der Waals surface area (Å²) in [6.45, 7) is 2.02. The van der Waals surface area contributed by atoms with Crippen molar-refractivity contribution in [2.75, 3.05) is 7.11 Å². The van der Waals surface area contributed by atoms with Crippen LogP contribution in [0.15, 0.2) is 64.6 Å². The zero-order valence-corrected chi connectivity index (χ0v) is 18.5. The van der Waals surface area contributed by atoms with Gasteiger partial charge in [0.1, 0.15) is 5.75 Å². The number of halogens is 2. The number of nitrogens with one attached hydrogen (secondary N) is 1. The number of carbonyl (C=O) groups excluding carboxylic acids is 1. The Morgan fingerprint density at radius 1 is 1.10 bits per heavy atom. The van der Waals surface area contributed by atoms with Crippen LogP contribution in [-0.4, -0.2) is 22.8 Å². The molecule has 2 heterocycles. The Hall–Kier alpha value is -2.67. The molecular formula is C22H17Cl2N3O2S. The van der Waals surface area contributed by atoms with Crippen LogP contribution in [0.2, 0.25) is 10.0 Å². The van der Waals surface area contributed by atoms with Gasteiger partial charge in [-0.3, -0.25) is 4.79 Å². The van der Waals surface area contributed by atoms with E-state index in [4.69, 9.17) is 27.9 Å². The summed E-state index contributed by atoms with van der Waals surface area (Å²) in [6.07, 6.45) is 3.84. The number of methoxy groups -OCH3 is 1. The molecule has 5 nitrogen and oxygen atoms in total. The zero-order chi connectivity index (χ0) is 21.3. The van der Waals surface area contributed by atoms with E-state index in [0.29, 0.717) is 25.8 Å². The third-order valence-corrected chi connectivity index (χ3v) is 6.12. The van der Waals surface area contributed by atoms with Crippen LogP contribution < -0.4 is 10.1 Å². The zero-order valence-electron chi connectivity index (χ0n) is 16.1. The number of aliphatic imine (C=N–C) groups is 1. The van der Waals surface area contributed by atoms with Gasteiger partial charge in [0.2, 0.25) is 0 Å². The molecule has 0 saturated carbocycles. The molecular weight excluding hydrogens is 441 g/mol. The Kier molecular flexibility index (Phi) is 5.90. The largest absolute Gasteiger partial charge is 0.497 e. The van der Waals surface area contributed by atoms with E-state index in [0.717, 1.165) is 22.7 Å². The fourth-order valence-corrected chi connectivity index (χ4v) is 4.14. The lowest BCUT2D eigenvalue weighted by atomic mass is 10.3. The first-order valence-electron chi connectivity index (χ1n) is 9.01. The Balaban J connectivity index is 1.57. The molecule has 1 aromatic heterocycles. The fraction of sp³-hybridized carbons (Fsp3) is 0.0909. The number of carbonyl (C=O) groups is 1. The van der Waals surface area contributed by atoms with Crippen LogP contribution >= 0.6 is 35.0 Å². The molecule has 0 spiro atoms. The Labute approximate surface area is 188 Å². The smallest absolute Gasteiger partial charge is 0.264 e. The number of thioether (sulfide) groups is 1. The molecule has 1 N–H and O–H groups in total. The van der Waals surface area contributed by atoms with Crippen molar-refractivity contribution in [3.63, 3.8) is 0 Å². The molecule has 1 aliphatic rings. The summed E-state index contributed by atoms with van der Waals surface area (Å²) in [4.78, 5) is 17.4. The minimum Gasteiger partial charge on any atom is -0.497 e. The summed E-state index contributed by atoms with van der Waals surface area (Å²) in [5, 5.41) is 4.15. The molecule has 30 heavy (non-hydrogen) atoms. The van der Waals surface area contributed by atoms with Gasteiger partial charge < -0.3 is 14.6 Å². The number of rotatable bonds is 4. The topological polar surface area (TPSA) is 55.6 Å². The first-order valence-corrected chi connectivity index (χ1v) is 10.6. The van der Waals surface area contributed by atoms with Crippen LogP contribution in [0, 0.1) is 6.92 Å². The predicted octanol–water partition coefficient (Wildman–Crippen LogP) is 5.99. The summed E-state index contributed by atoms with van der Waals surface area (Å²) < 4.78 is 7.28.